The average molecular weight is 518 g/mol. The summed E-state index contributed by atoms with van der Waals surface area (Å²) < 4.78 is 0. The summed E-state index contributed by atoms with van der Waals surface area (Å²) in [6, 6.07) is 20.8. The second kappa shape index (κ2) is 9.46. The van der Waals surface area contributed by atoms with E-state index in [1.54, 1.807) is 5.56 Å². The molecular formula is C38H47N. The Kier molecular flexibility index (Phi) is 6.44. The molecule has 2 aliphatic carbocycles. The van der Waals surface area contributed by atoms with E-state index in [2.05, 4.69) is 103 Å². The van der Waals surface area contributed by atoms with Crippen LogP contribution in [-0.4, -0.2) is 4.98 Å². The molecule has 204 valence electrons. The summed E-state index contributed by atoms with van der Waals surface area (Å²) in [7, 11) is 0. The molecule has 1 spiro atoms. The van der Waals surface area contributed by atoms with Crippen LogP contribution in [0.1, 0.15) is 114 Å². The van der Waals surface area contributed by atoms with Crippen molar-refractivity contribution in [1.29, 1.82) is 0 Å². The molecule has 0 saturated heterocycles. The molecule has 0 N–H and O–H groups in total. The Morgan fingerprint density at radius 3 is 2.18 bits per heavy atom. The van der Waals surface area contributed by atoms with Crippen molar-refractivity contribution in [3.8, 4) is 11.3 Å². The number of aromatic nitrogens is 1. The molecule has 3 aromatic carbocycles. The molecule has 1 heteroatoms. The van der Waals surface area contributed by atoms with E-state index in [0.29, 0.717) is 16.7 Å². The van der Waals surface area contributed by atoms with Gasteiger partial charge in [-0.3, -0.25) is 0 Å². The van der Waals surface area contributed by atoms with Crippen molar-refractivity contribution in [2.75, 3.05) is 0 Å². The van der Waals surface area contributed by atoms with Crippen LogP contribution in [0.4, 0.5) is 0 Å². The average Bonchev–Trinajstić information content (AvgIpc) is 2.89. The Morgan fingerprint density at radius 1 is 0.795 bits per heavy atom. The summed E-state index contributed by atoms with van der Waals surface area (Å²) in [4.78, 5) is 5.35. The zero-order valence-corrected chi connectivity index (χ0v) is 25.4. The van der Waals surface area contributed by atoms with Crippen LogP contribution in [0.5, 0.6) is 0 Å². The van der Waals surface area contributed by atoms with Crippen molar-refractivity contribution in [3.63, 3.8) is 0 Å². The maximum atomic E-state index is 5.35. The molecule has 0 aliphatic heterocycles. The van der Waals surface area contributed by atoms with Gasteiger partial charge in [-0.25, -0.2) is 4.98 Å². The van der Waals surface area contributed by atoms with E-state index < -0.39 is 0 Å². The van der Waals surface area contributed by atoms with Gasteiger partial charge in [0.2, 0.25) is 0 Å². The monoisotopic (exact) mass is 517 g/mol. The topological polar surface area (TPSA) is 12.9 Å². The first-order valence-electron chi connectivity index (χ1n) is 15.4. The van der Waals surface area contributed by atoms with Gasteiger partial charge in [-0.15, -0.1) is 0 Å². The minimum absolute atomic E-state index is 0.0642. The fourth-order valence-corrected chi connectivity index (χ4v) is 7.84. The van der Waals surface area contributed by atoms with E-state index in [4.69, 9.17) is 4.98 Å². The Hall–Kier alpha value is -2.67. The highest BCUT2D eigenvalue weighted by Gasteiger charge is 2.41. The third-order valence-electron chi connectivity index (χ3n) is 10.4. The van der Waals surface area contributed by atoms with Crippen LogP contribution >= 0.6 is 0 Å². The molecule has 0 radical (unpaired) electrons. The molecule has 4 aromatic rings. The standard InChI is InChI=1S/C38H47N/c1-25-20-26(2)35-31(27-12-14-38(15-13-27)18-16-37(6,7)17-19-38)24-33(39-34(35)21-25)29-22-28-10-8-9-11-30(28)32(23-29)36(3,4)5/h8-11,20-24,27H,12-19H2,1-7H3. The summed E-state index contributed by atoms with van der Waals surface area (Å²) in [6.45, 7) is 16.4. The first-order valence-corrected chi connectivity index (χ1v) is 15.4. The lowest BCUT2D eigenvalue weighted by Crippen LogP contribution is -2.34. The van der Waals surface area contributed by atoms with Crippen LogP contribution in [0.15, 0.2) is 54.6 Å². The molecule has 2 fully saturated rings. The van der Waals surface area contributed by atoms with Crippen LogP contribution < -0.4 is 0 Å². The lowest BCUT2D eigenvalue weighted by atomic mass is 9.58. The molecule has 0 amide bonds. The van der Waals surface area contributed by atoms with Gasteiger partial charge in [-0.05, 0) is 145 Å². The summed E-state index contributed by atoms with van der Waals surface area (Å²) in [5.41, 5.74) is 10.4. The van der Waals surface area contributed by atoms with Crippen molar-refractivity contribution >= 4 is 21.7 Å². The number of aryl methyl sites for hydroxylation is 2. The molecule has 39 heavy (non-hydrogen) atoms. The molecule has 1 nitrogen and oxygen atoms in total. The number of benzene rings is 3. The van der Waals surface area contributed by atoms with E-state index in [-0.39, 0.29) is 5.41 Å². The van der Waals surface area contributed by atoms with Gasteiger partial charge >= 0.3 is 0 Å². The van der Waals surface area contributed by atoms with Gasteiger partial charge in [-0.2, -0.15) is 0 Å². The van der Waals surface area contributed by atoms with E-state index >= 15 is 0 Å². The Morgan fingerprint density at radius 2 is 1.49 bits per heavy atom. The Labute approximate surface area is 236 Å². The summed E-state index contributed by atoms with van der Waals surface area (Å²) in [6.07, 6.45) is 11.1. The highest BCUT2D eigenvalue weighted by molar-refractivity contribution is 5.93. The van der Waals surface area contributed by atoms with Gasteiger partial charge in [0, 0.05) is 10.9 Å². The number of hydrogen-bond acceptors (Lipinski definition) is 1. The van der Waals surface area contributed by atoms with E-state index in [1.165, 1.54) is 95.3 Å². The molecule has 2 saturated carbocycles. The molecule has 1 aromatic heterocycles. The van der Waals surface area contributed by atoms with E-state index in [1.807, 2.05) is 0 Å². The predicted molar refractivity (Wildman–Crippen MR) is 169 cm³/mol. The summed E-state index contributed by atoms with van der Waals surface area (Å²) >= 11 is 0. The summed E-state index contributed by atoms with van der Waals surface area (Å²) in [5, 5.41) is 4.07. The Bertz CT molecular complexity index is 1530. The molecule has 2 aliphatic rings. The highest BCUT2D eigenvalue weighted by Crippen LogP contribution is 2.55. The molecule has 0 unspecified atom stereocenters. The number of fused-ring (bicyclic) bond motifs is 2. The first-order chi connectivity index (χ1) is 18.4. The van der Waals surface area contributed by atoms with Crippen molar-refractivity contribution in [2.45, 2.75) is 111 Å². The van der Waals surface area contributed by atoms with Crippen LogP contribution in [0.3, 0.4) is 0 Å². The Balaban J connectivity index is 1.45. The number of nitrogens with zero attached hydrogens (tertiary/aromatic N) is 1. The van der Waals surface area contributed by atoms with Gasteiger partial charge in [-0.1, -0.05) is 65.0 Å². The van der Waals surface area contributed by atoms with E-state index in [9.17, 15) is 0 Å². The fraction of sp³-hybridized carbons (Fsp3) is 0.500. The van der Waals surface area contributed by atoms with Gasteiger partial charge in [0.15, 0.2) is 0 Å². The smallest absolute Gasteiger partial charge is 0.0717 e. The lowest BCUT2D eigenvalue weighted by Gasteiger charge is -2.47. The third-order valence-corrected chi connectivity index (χ3v) is 10.4. The van der Waals surface area contributed by atoms with E-state index in [0.717, 1.165) is 5.69 Å². The van der Waals surface area contributed by atoms with Crippen molar-refractivity contribution in [1.82, 2.24) is 4.98 Å². The van der Waals surface area contributed by atoms with Crippen LogP contribution in [-0.2, 0) is 5.41 Å². The van der Waals surface area contributed by atoms with Crippen LogP contribution in [0.25, 0.3) is 32.9 Å². The third kappa shape index (κ3) is 5.03. The second-order valence-electron chi connectivity index (χ2n) is 15.0. The molecule has 1 heterocycles. The predicted octanol–water partition coefficient (Wildman–Crippen LogP) is 11.2. The lowest BCUT2D eigenvalue weighted by molar-refractivity contribution is 0.0586. The van der Waals surface area contributed by atoms with Gasteiger partial charge in [0.25, 0.3) is 0 Å². The SMILES string of the molecule is Cc1cc(C)c2c(C3CCC4(CC3)CCC(C)(C)CC4)cc(-c3cc(C(C)(C)C)c4ccccc4c3)nc2c1. The van der Waals surface area contributed by atoms with Crippen LogP contribution in [0, 0.1) is 24.7 Å². The zero-order valence-electron chi connectivity index (χ0n) is 25.4. The molecule has 6 rings (SSSR count). The normalized spacial score (nSPS) is 19.7. The van der Waals surface area contributed by atoms with Gasteiger partial charge in [0.1, 0.15) is 0 Å². The van der Waals surface area contributed by atoms with Crippen LogP contribution in [0.2, 0.25) is 0 Å². The number of hydrogen-bond donors (Lipinski definition) is 0. The first kappa shape index (κ1) is 26.5. The maximum Gasteiger partial charge on any atom is 0.0717 e. The largest absolute Gasteiger partial charge is 0.248 e. The van der Waals surface area contributed by atoms with Gasteiger partial charge in [0.05, 0.1) is 11.2 Å². The highest BCUT2D eigenvalue weighted by atomic mass is 14.7. The second-order valence-corrected chi connectivity index (χ2v) is 15.0. The quantitative estimate of drug-likeness (QED) is 0.258. The van der Waals surface area contributed by atoms with Crippen molar-refractivity contribution in [3.05, 3.63) is 76.9 Å². The summed E-state index contributed by atoms with van der Waals surface area (Å²) in [5.74, 6) is 0.624. The number of pyridine rings is 1. The number of rotatable bonds is 2. The maximum absolute atomic E-state index is 5.35. The molecule has 0 atom stereocenters. The van der Waals surface area contributed by atoms with Gasteiger partial charge < -0.3 is 0 Å². The fourth-order valence-electron chi connectivity index (χ4n) is 7.84. The molecule has 0 bridgehead atoms. The van der Waals surface area contributed by atoms with Crippen molar-refractivity contribution in [2.24, 2.45) is 10.8 Å². The minimum Gasteiger partial charge on any atom is -0.248 e. The molecular weight excluding hydrogens is 470 g/mol. The zero-order chi connectivity index (χ0) is 27.6. The minimum atomic E-state index is 0.0642. The van der Waals surface area contributed by atoms with Crippen molar-refractivity contribution < 1.29 is 0 Å².